The van der Waals surface area contributed by atoms with Gasteiger partial charge in [0, 0.05) is 46.8 Å². The van der Waals surface area contributed by atoms with Crippen LogP contribution in [0.2, 0.25) is 0 Å². The molecule has 0 saturated carbocycles. The molecule has 0 spiro atoms. The first-order valence-electron chi connectivity index (χ1n) is 9.43. The van der Waals surface area contributed by atoms with E-state index in [1.54, 1.807) is 36.4 Å². The molecular formula is C21H24N2O4S. The summed E-state index contributed by atoms with van der Waals surface area (Å²) in [6, 6.07) is 13.4. The highest BCUT2D eigenvalue weighted by molar-refractivity contribution is 7.86. The van der Waals surface area contributed by atoms with Gasteiger partial charge < -0.3 is 4.90 Å². The minimum Gasteiger partial charge on any atom is -0.364 e. The van der Waals surface area contributed by atoms with Gasteiger partial charge in [-0.05, 0) is 25.0 Å². The lowest BCUT2D eigenvalue weighted by atomic mass is 9.99. The fourth-order valence-corrected chi connectivity index (χ4v) is 5.51. The Morgan fingerprint density at radius 3 is 2.43 bits per heavy atom. The number of benzene rings is 2. The molecule has 0 amide bonds. The van der Waals surface area contributed by atoms with Crippen LogP contribution < -0.4 is 4.90 Å². The van der Waals surface area contributed by atoms with Crippen molar-refractivity contribution in [3.8, 4) is 0 Å². The molecule has 6 nitrogen and oxygen atoms in total. The third kappa shape index (κ3) is 3.71. The molecule has 1 fully saturated rings. The van der Waals surface area contributed by atoms with Gasteiger partial charge >= 0.3 is 0 Å². The van der Waals surface area contributed by atoms with E-state index >= 15 is 0 Å². The van der Waals surface area contributed by atoms with Crippen LogP contribution in [-0.4, -0.2) is 38.5 Å². The number of nitrogens with zero attached hydrogens (tertiary/aromatic N) is 2. The summed E-state index contributed by atoms with van der Waals surface area (Å²) in [5.74, 6) is 0.246. The molecule has 0 N–H and O–H groups in total. The summed E-state index contributed by atoms with van der Waals surface area (Å²) < 4.78 is 12.2. The predicted molar refractivity (Wildman–Crippen MR) is 112 cm³/mol. The molecule has 1 atom stereocenters. The van der Waals surface area contributed by atoms with Gasteiger partial charge in [0.15, 0.2) is 5.78 Å². The number of ketones is 1. The summed E-state index contributed by atoms with van der Waals surface area (Å²) in [4.78, 5) is 25.9. The summed E-state index contributed by atoms with van der Waals surface area (Å²) in [6.07, 6.45) is 1.51. The number of carbonyl (C=O) groups is 1. The van der Waals surface area contributed by atoms with Gasteiger partial charge in [-0.15, -0.1) is 0 Å². The molecule has 1 aliphatic rings. The van der Waals surface area contributed by atoms with Crippen molar-refractivity contribution < 1.29 is 13.9 Å². The smallest absolute Gasteiger partial charge is 0.293 e. The molecular weight excluding hydrogens is 376 g/mol. The van der Waals surface area contributed by atoms with Gasteiger partial charge in [0.1, 0.15) is 5.69 Å². The van der Waals surface area contributed by atoms with Crippen LogP contribution in [0.1, 0.15) is 42.6 Å². The van der Waals surface area contributed by atoms with Crippen molar-refractivity contribution in [1.82, 2.24) is 0 Å². The first-order chi connectivity index (χ1) is 13.4. The van der Waals surface area contributed by atoms with E-state index in [1.807, 2.05) is 24.8 Å². The van der Waals surface area contributed by atoms with Gasteiger partial charge in [0.05, 0.1) is 9.67 Å². The third-order valence-corrected chi connectivity index (χ3v) is 7.83. The van der Waals surface area contributed by atoms with Crippen LogP contribution in [0.15, 0.2) is 48.5 Å². The maximum atomic E-state index is 12.7. The lowest BCUT2D eigenvalue weighted by Crippen LogP contribution is -2.53. The van der Waals surface area contributed by atoms with E-state index < -0.39 is 15.7 Å². The number of carbonyl (C=O) groups excluding carboxylic acids is 1. The molecule has 28 heavy (non-hydrogen) atoms. The van der Waals surface area contributed by atoms with Crippen LogP contribution in [0.25, 0.3) is 0 Å². The number of rotatable bonds is 6. The number of nitro benzene ring substituents is 1. The molecule has 2 aromatic carbocycles. The lowest BCUT2D eigenvalue weighted by Gasteiger charge is -2.42. The molecule has 2 aromatic rings. The highest BCUT2D eigenvalue weighted by atomic mass is 32.2. The number of anilines is 1. The summed E-state index contributed by atoms with van der Waals surface area (Å²) in [6.45, 7) is 5.04. The van der Waals surface area contributed by atoms with Crippen LogP contribution in [0.5, 0.6) is 0 Å². The highest BCUT2D eigenvalue weighted by Crippen LogP contribution is 2.36. The Kier molecular flexibility index (Phi) is 5.93. The Labute approximate surface area is 167 Å². The molecule has 3 rings (SSSR count). The second-order valence-electron chi connectivity index (χ2n) is 7.02. The second-order valence-corrected chi connectivity index (χ2v) is 8.98. The van der Waals surface area contributed by atoms with E-state index in [9.17, 15) is 19.1 Å². The molecule has 0 bridgehead atoms. The quantitative estimate of drug-likeness (QED) is 0.417. The Morgan fingerprint density at radius 2 is 1.82 bits per heavy atom. The molecule has 148 valence electrons. The first kappa shape index (κ1) is 20.2. The second kappa shape index (κ2) is 8.22. The van der Waals surface area contributed by atoms with Gasteiger partial charge in [-0.3, -0.25) is 19.1 Å². The van der Waals surface area contributed by atoms with Crippen molar-refractivity contribution in [2.75, 3.05) is 23.7 Å². The molecule has 0 aromatic heterocycles. The topological polar surface area (TPSA) is 80.5 Å². The van der Waals surface area contributed by atoms with Gasteiger partial charge in [-0.1, -0.05) is 44.2 Å². The van der Waals surface area contributed by atoms with Gasteiger partial charge in [-0.25, -0.2) is 0 Å². The first-order valence-corrected chi connectivity index (χ1v) is 10.8. The summed E-state index contributed by atoms with van der Waals surface area (Å²) >= 11 is 0. The van der Waals surface area contributed by atoms with E-state index in [0.29, 0.717) is 35.7 Å². The molecule has 1 aliphatic heterocycles. The minimum absolute atomic E-state index is 0.0874. The Morgan fingerprint density at radius 1 is 1.14 bits per heavy atom. The number of hydrogen-bond acceptors (Lipinski definition) is 5. The van der Waals surface area contributed by atoms with Crippen molar-refractivity contribution in [2.45, 2.75) is 31.4 Å². The normalized spacial score (nSPS) is 18.6. The summed E-state index contributed by atoms with van der Waals surface area (Å²) in [5, 5.41) is 11.7. The zero-order valence-electron chi connectivity index (χ0n) is 16.1. The van der Waals surface area contributed by atoms with Crippen molar-refractivity contribution in [3.63, 3.8) is 0 Å². The molecule has 0 radical (unpaired) electrons. The SMILES string of the molecule is CCC1(CC)CN(c2ccc(C(=O)c3ccccc3)cc2[N+](=O)[O-])CCS1=O. The van der Waals surface area contributed by atoms with E-state index in [4.69, 9.17) is 0 Å². The molecule has 1 heterocycles. The average molecular weight is 401 g/mol. The monoisotopic (exact) mass is 400 g/mol. The highest BCUT2D eigenvalue weighted by Gasteiger charge is 2.40. The van der Waals surface area contributed by atoms with Gasteiger partial charge in [0.2, 0.25) is 0 Å². The predicted octanol–water partition coefficient (Wildman–Crippen LogP) is 3.95. The largest absolute Gasteiger partial charge is 0.364 e. The van der Waals surface area contributed by atoms with Crippen molar-refractivity contribution in [2.24, 2.45) is 0 Å². The maximum Gasteiger partial charge on any atom is 0.293 e. The van der Waals surface area contributed by atoms with E-state index in [1.165, 1.54) is 6.07 Å². The Bertz CT molecular complexity index is 910. The molecule has 0 aliphatic carbocycles. The number of nitro groups is 1. The van der Waals surface area contributed by atoms with Crippen LogP contribution >= 0.6 is 0 Å². The average Bonchev–Trinajstić information content (AvgIpc) is 2.74. The minimum atomic E-state index is -0.951. The molecule has 1 saturated heterocycles. The van der Waals surface area contributed by atoms with E-state index in [2.05, 4.69) is 0 Å². The van der Waals surface area contributed by atoms with Gasteiger partial charge in [0.25, 0.3) is 5.69 Å². The summed E-state index contributed by atoms with van der Waals surface area (Å²) in [7, 11) is -0.951. The fourth-order valence-electron chi connectivity index (χ4n) is 3.74. The number of hydrogen-bond donors (Lipinski definition) is 0. The van der Waals surface area contributed by atoms with E-state index in [0.717, 1.165) is 12.8 Å². The van der Waals surface area contributed by atoms with Crippen LogP contribution in [0, 0.1) is 10.1 Å². The fraction of sp³-hybridized carbons (Fsp3) is 0.381. The summed E-state index contributed by atoms with van der Waals surface area (Å²) in [5.41, 5.74) is 1.18. The van der Waals surface area contributed by atoms with E-state index in [-0.39, 0.29) is 16.2 Å². The van der Waals surface area contributed by atoms with Crippen LogP contribution in [0.3, 0.4) is 0 Å². The molecule has 1 unspecified atom stereocenters. The van der Waals surface area contributed by atoms with Gasteiger partial charge in [-0.2, -0.15) is 0 Å². The Balaban J connectivity index is 1.97. The van der Waals surface area contributed by atoms with Crippen molar-refractivity contribution in [3.05, 3.63) is 69.8 Å². The third-order valence-electron chi connectivity index (χ3n) is 5.61. The van der Waals surface area contributed by atoms with Crippen molar-refractivity contribution in [1.29, 1.82) is 0 Å². The van der Waals surface area contributed by atoms with Crippen molar-refractivity contribution >= 4 is 28.0 Å². The molecule has 7 heteroatoms. The Hall–Kier alpha value is -2.54. The standard InChI is InChI=1S/C21H24N2O4S/c1-3-21(4-2)15-22(12-13-28(21)27)18-11-10-17(14-19(18)23(25)26)20(24)16-8-6-5-7-9-16/h5-11,14H,3-4,12-13,15H2,1-2H3. The zero-order chi connectivity index (χ0) is 20.3. The zero-order valence-corrected chi connectivity index (χ0v) is 16.9. The van der Waals surface area contributed by atoms with Crippen LogP contribution in [-0.2, 0) is 10.8 Å². The van der Waals surface area contributed by atoms with Crippen LogP contribution in [0.4, 0.5) is 11.4 Å². The lowest BCUT2D eigenvalue weighted by molar-refractivity contribution is -0.384. The maximum absolute atomic E-state index is 12.7.